The molecule has 0 aromatic rings. The Balaban J connectivity index is 0.000000342. The predicted octanol–water partition coefficient (Wildman–Crippen LogP) is 5.80. The van der Waals surface area contributed by atoms with Gasteiger partial charge >= 0.3 is 5.97 Å². The first kappa shape index (κ1) is 18.5. The van der Waals surface area contributed by atoms with Crippen LogP contribution in [0.4, 0.5) is 0 Å². The van der Waals surface area contributed by atoms with Gasteiger partial charge in [0.25, 0.3) is 0 Å². The molecular weight excluding hydrogens is 236 g/mol. The van der Waals surface area contributed by atoms with Crippen LogP contribution in [0.5, 0.6) is 0 Å². The lowest BCUT2D eigenvalue weighted by atomic mass is 10.1. The van der Waals surface area contributed by atoms with Crippen LogP contribution in [0.25, 0.3) is 0 Å². The minimum absolute atomic E-state index is 0.337. The predicted molar refractivity (Wildman–Crippen MR) is 82.5 cm³/mol. The van der Waals surface area contributed by atoms with E-state index in [0.717, 1.165) is 18.8 Å². The fourth-order valence-electron chi connectivity index (χ4n) is 2.15. The Hall–Kier alpha value is -0.530. The van der Waals surface area contributed by atoms with Crippen molar-refractivity contribution >= 4 is 5.97 Å². The van der Waals surface area contributed by atoms with E-state index in [1.807, 2.05) is 0 Å². The van der Waals surface area contributed by atoms with Crippen molar-refractivity contribution in [2.75, 3.05) is 0 Å². The van der Waals surface area contributed by atoms with Crippen molar-refractivity contribution < 1.29 is 9.90 Å². The molecule has 114 valence electrons. The molecular formula is C17H34O2. The molecule has 2 nitrogen and oxygen atoms in total. The molecule has 0 unspecified atom stereocenters. The summed E-state index contributed by atoms with van der Waals surface area (Å²) in [4.78, 5) is 10.0. The van der Waals surface area contributed by atoms with Crippen LogP contribution in [0.15, 0.2) is 0 Å². The molecule has 0 atom stereocenters. The van der Waals surface area contributed by atoms with Gasteiger partial charge in [-0.2, -0.15) is 0 Å². The average molecular weight is 270 g/mol. The van der Waals surface area contributed by atoms with Crippen LogP contribution in [0.3, 0.4) is 0 Å². The molecule has 19 heavy (non-hydrogen) atoms. The second kappa shape index (κ2) is 13.9. The van der Waals surface area contributed by atoms with E-state index in [9.17, 15) is 4.79 Å². The van der Waals surface area contributed by atoms with Crippen molar-refractivity contribution in [1.29, 1.82) is 0 Å². The molecule has 0 radical (unpaired) electrons. The highest BCUT2D eigenvalue weighted by molar-refractivity contribution is 5.66. The second-order valence-electron chi connectivity index (χ2n) is 5.85. The maximum Gasteiger partial charge on any atom is 0.303 e. The maximum absolute atomic E-state index is 10.0. The van der Waals surface area contributed by atoms with Crippen LogP contribution in [0, 0.1) is 5.92 Å². The smallest absolute Gasteiger partial charge is 0.303 e. The number of carboxylic acids is 1. The van der Waals surface area contributed by atoms with E-state index < -0.39 is 5.97 Å². The van der Waals surface area contributed by atoms with Gasteiger partial charge in [-0.05, 0) is 12.3 Å². The number of unbranched alkanes of at least 4 members (excludes halogenated alkanes) is 7. The molecule has 1 rings (SSSR count). The third-order valence-corrected chi connectivity index (χ3v) is 3.66. The van der Waals surface area contributed by atoms with Gasteiger partial charge in [-0.25, -0.2) is 0 Å². The molecule has 0 heterocycles. The summed E-state index contributed by atoms with van der Waals surface area (Å²) < 4.78 is 0. The SMILES string of the molecule is CCCCCCC1CC1.CCCCCCCC(=O)O. The third kappa shape index (κ3) is 17.5. The molecule has 1 fully saturated rings. The minimum atomic E-state index is -0.670. The van der Waals surface area contributed by atoms with Crippen molar-refractivity contribution in [1.82, 2.24) is 0 Å². The van der Waals surface area contributed by atoms with E-state index >= 15 is 0 Å². The number of hydrogen-bond acceptors (Lipinski definition) is 1. The van der Waals surface area contributed by atoms with E-state index in [1.54, 1.807) is 0 Å². The van der Waals surface area contributed by atoms with Gasteiger partial charge < -0.3 is 5.11 Å². The zero-order chi connectivity index (χ0) is 14.3. The van der Waals surface area contributed by atoms with Gasteiger partial charge in [0.05, 0.1) is 0 Å². The Labute approximate surface area is 120 Å². The average Bonchev–Trinajstić information content (AvgIpc) is 3.19. The Morgan fingerprint density at radius 1 is 0.895 bits per heavy atom. The standard InChI is InChI=1S/C9H18.C8H16O2/c1-2-3-4-5-6-9-7-8-9;1-2-3-4-5-6-7-8(9)10/h9H,2-8H2,1H3;2-7H2,1H3,(H,9,10). The summed E-state index contributed by atoms with van der Waals surface area (Å²) >= 11 is 0. The van der Waals surface area contributed by atoms with Crippen molar-refractivity contribution in [2.45, 2.75) is 97.3 Å². The summed E-state index contributed by atoms with van der Waals surface area (Å²) in [7, 11) is 0. The van der Waals surface area contributed by atoms with E-state index in [2.05, 4.69) is 13.8 Å². The summed E-state index contributed by atoms with van der Waals surface area (Å²) in [5, 5.41) is 8.27. The topological polar surface area (TPSA) is 37.3 Å². The largest absolute Gasteiger partial charge is 0.481 e. The van der Waals surface area contributed by atoms with Crippen LogP contribution < -0.4 is 0 Å². The van der Waals surface area contributed by atoms with Crippen molar-refractivity contribution in [3.05, 3.63) is 0 Å². The fraction of sp³-hybridized carbons (Fsp3) is 0.941. The van der Waals surface area contributed by atoms with Gasteiger partial charge in [0.15, 0.2) is 0 Å². The lowest BCUT2D eigenvalue weighted by molar-refractivity contribution is -0.137. The van der Waals surface area contributed by atoms with Crippen LogP contribution in [0.2, 0.25) is 0 Å². The molecule has 1 aliphatic carbocycles. The van der Waals surface area contributed by atoms with Crippen LogP contribution in [-0.4, -0.2) is 11.1 Å². The van der Waals surface area contributed by atoms with Gasteiger partial charge in [-0.15, -0.1) is 0 Å². The first-order chi connectivity index (χ1) is 9.20. The molecule has 0 aromatic heterocycles. The molecule has 1 N–H and O–H groups in total. The van der Waals surface area contributed by atoms with Gasteiger partial charge in [0.2, 0.25) is 0 Å². The van der Waals surface area contributed by atoms with Crippen molar-refractivity contribution in [3.8, 4) is 0 Å². The summed E-state index contributed by atoms with van der Waals surface area (Å²) in [6, 6.07) is 0. The van der Waals surface area contributed by atoms with Gasteiger partial charge in [0.1, 0.15) is 0 Å². The molecule has 0 bridgehead atoms. The fourth-order valence-corrected chi connectivity index (χ4v) is 2.15. The number of hydrogen-bond donors (Lipinski definition) is 1. The van der Waals surface area contributed by atoms with Crippen molar-refractivity contribution in [3.63, 3.8) is 0 Å². The zero-order valence-corrected chi connectivity index (χ0v) is 13.1. The molecule has 0 spiro atoms. The molecule has 2 heteroatoms. The molecule has 1 saturated carbocycles. The monoisotopic (exact) mass is 270 g/mol. The van der Waals surface area contributed by atoms with E-state index in [-0.39, 0.29) is 0 Å². The van der Waals surface area contributed by atoms with E-state index in [4.69, 9.17) is 5.11 Å². The summed E-state index contributed by atoms with van der Waals surface area (Å²) in [5.74, 6) is 0.485. The maximum atomic E-state index is 10.0. The van der Waals surface area contributed by atoms with Crippen LogP contribution in [0.1, 0.15) is 97.3 Å². The third-order valence-electron chi connectivity index (χ3n) is 3.66. The number of aliphatic carboxylic acids is 1. The normalized spacial score (nSPS) is 13.8. The highest BCUT2D eigenvalue weighted by atomic mass is 16.4. The summed E-state index contributed by atoms with van der Waals surface area (Å²) in [6.07, 6.45) is 16.3. The van der Waals surface area contributed by atoms with Gasteiger partial charge in [0, 0.05) is 6.42 Å². The highest BCUT2D eigenvalue weighted by Crippen LogP contribution is 2.33. The van der Waals surface area contributed by atoms with Crippen LogP contribution in [-0.2, 0) is 4.79 Å². The summed E-state index contributed by atoms with van der Waals surface area (Å²) in [6.45, 7) is 4.42. The first-order valence-corrected chi connectivity index (χ1v) is 8.42. The summed E-state index contributed by atoms with van der Waals surface area (Å²) in [5.41, 5.74) is 0. The minimum Gasteiger partial charge on any atom is -0.481 e. The lowest BCUT2D eigenvalue weighted by Gasteiger charge is -1.95. The lowest BCUT2D eigenvalue weighted by Crippen LogP contribution is -1.93. The second-order valence-corrected chi connectivity index (χ2v) is 5.85. The highest BCUT2D eigenvalue weighted by Gasteiger charge is 2.19. The number of carboxylic acid groups (broad SMARTS) is 1. The van der Waals surface area contributed by atoms with Gasteiger partial charge in [-0.1, -0.05) is 84.5 Å². The number of rotatable bonds is 11. The molecule has 0 aromatic carbocycles. The molecule has 0 amide bonds. The zero-order valence-electron chi connectivity index (χ0n) is 13.1. The quantitative estimate of drug-likeness (QED) is 0.482. The Morgan fingerprint density at radius 2 is 1.42 bits per heavy atom. The Kier molecular flexibility index (Phi) is 13.5. The van der Waals surface area contributed by atoms with E-state index in [0.29, 0.717) is 6.42 Å². The van der Waals surface area contributed by atoms with Crippen LogP contribution >= 0.6 is 0 Å². The van der Waals surface area contributed by atoms with E-state index in [1.165, 1.54) is 64.2 Å². The molecule has 0 saturated heterocycles. The van der Waals surface area contributed by atoms with Gasteiger partial charge in [-0.3, -0.25) is 4.79 Å². The molecule has 0 aliphatic heterocycles. The Bertz CT molecular complexity index is 197. The van der Waals surface area contributed by atoms with Crippen molar-refractivity contribution in [2.24, 2.45) is 5.92 Å². The Morgan fingerprint density at radius 3 is 1.89 bits per heavy atom. The molecule has 1 aliphatic rings. The number of carbonyl (C=O) groups is 1. The first-order valence-electron chi connectivity index (χ1n) is 8.42.